The molecule has 56 heavy (non-hydrogen) atoms. The van der Waals surface area contributed by atoms with Gasteiger partial charge in [0.25, 0.3) is 5.91 Å². The molecule has 3 aromatic carbocycles. The Balaban J connectivity index is 0.000000176. The number of pyridine rings is 4. The van der Waals surface area contributed by atoms with E-state index in [2.05, 4.69) is 41.8 Å². The number of hydroxylamine groups is 2. The van der Waals surface area contributed by atoms with E-state index >= 15 is 0 Å². The summed E-state index contributed by atoms with van der Waals surface area (Å²) in [6.07, 6.45) is 3.18. The summed E-state index contributed by atoms with van der Waals surface area (Å²) in [7, 11) is 2.85. The lowest BCUT2D eigenvalue weighted by molar-refractivity contribution is -0.0758. The van der Waals surface area contributed by atoms with Crippen molar-refractivity contribution >= 4 is 65.4 Å². The third kappa shape index (κ3) is 8.17. The second-order valence-electron chi connectivity index (χ2n) is 12.6. The molecule has 4 aromatic heterocycles. The van der Waals surface area contributed by atoms with Gasteiger partial charge in [-0.3, -0.25) is 24.0 Å². The van der Waals surface area contributed by atoms with Crippen molar-refractivity contribution in [3.63, 3.8) is 0 Å². The van der Waals surface area contributed by atoms with Crippen LogP contribution in [0.2, 0.25) is 0 Å². The van der Waals surface area contributed by atoms with Crippen molar-refractivity contribution in [3.8, 4) is 11.5 Å². The van der Waals surface area contributed by atoms with E-state index in [1.807, 2.05) is 69.8 Å². The second kappa shape index (κ2) is 16.8. The van der Waals surface area contributed by atoms with Crippen LogP contribution < -0.4 is 20.3 Å². The number of benzene rings is 3. The van der Waals surface area contributed by atoms with Gasteiger partial charge in [0.1, 0.15) is 28.0 Å². The highest BCUT2D eigenvalue weighted by Crippen LogP contribution is 2.31. The number of aromatic nitrogens is 4. The van der Waals surface area contributed by atoms with Crippen LogP contribution >= 0.6 is 31.9 Å². The Labute approximate surface area is 337 Å². The lowest BCUT2D eigenvalue weighted by Crippen LogP contribution is -2.31. The van der Waals surface area contributed by atoms with Crippen molar-refractivity contribution in [2.75, 3.05) is 27.4 Å². The smallest absolute Gasteiger partial charge is 0.282 e. The van der Waals surface area contributed by atoms with Gasteiger partial charge in [0.05, 0.1) is 48.2 Å². The second-order valence-corrected chi connectivity index (χ2v) is 14.2. The van der Waals surface area contributed by atoms with Crippen molar-refractivity contribution in [3.05, 3.63) is 173 Å². The molecule has 0 saturated carbocycles. The fourth-order valence-corrected chi connectivity index (χ4v) is 7.05. The van der Waals surface area contributed by atoms with Crippen molar-refractivity contribution in [1.29, 1.82) is 0 Å². The van der Waals surface area contributed by atoms with Crippen molar-refractivity contribution in [2.45, 2.75) is 13.1 Å². The maximum atomic E-state index is 13.3. The number of halogens is 2. The molecule has 8 rings (SSSR count). The summed E-state index contributed by atoms with van der Waals surface area (Å²) in [5, 5.41) is 2.00. The molecule has 14 heteroatoms. The maximum absolute atomic E-state index is 13.3. The molecule has 0 aliphatic carbocycles. The largest absolute Gasteiger partial charge is 0.486 e. The molecule has 7 aromatic rings. The van der Waals surface area contributed by atoms with E-state index in [0.29, 0.717) is 54.1 Å². The topological polar surface area (TPSA) is 135 Å². The van der Waals surface area contributed by atoms with Gasteiger partial charge in [-0.05, 0) is 98.6 Å². The Morgan fingerprint density at radius 1 is 0.696 bits per heavy atom. The van der Waals surface area contributed by atoms with E-state index in [9.17, 15) is 19.2 Å². The van der Waals surface area contributed by atoms with Gasteiger partial charge >= 0.3 is 0 Å². The van der Waals surface area contributed by atoms with Crippen LogP contribution in [-0.4, -0.2) is 63.2 Å². The van der Waals surface area contributed by atoms with Crippen molar-refractivity contribution in [1.82, 2.24) is 24.2 Å². The summed E-state index contributed by atoms with van der Waals surface area (Å²) in [6.45, 7) is 1.74. The van der Waals surface area contributed by atoms with Gasteiger partial charge in [0.2, 0.25) is 10.9 Å². The van der Waals surface area contributed by atoms with Crippen molar-refractivity contribution < 1.29 is 23.9 Å². The highest BCUT2D eigenvalue weighted by atomic mass is 79.9. The van der Waals surface area contributed by atoms with E-state index in [4.69, 9.17) is 14.3 Å². The molecule has 0 spiro atoms. The number of ketones is 1. The zero-order valence-corrected chi connectivity index (χ0v) is 33.3. The Kier molecular flexibility index (Phi) is 11.5. The predicted octanol–water partition coefficient (Wildman–Crippen LogP) is 7.05. The molecule has 0 saturated heterocycles. The average molecular weight is 880 g/mol. The minimum absolute atomic E-state index is 0.0537. The summed E-state index contributed by atoms with van der Waals surface area (Å²) < 4.78 is 16.3. The van der Waals surface area contributed by atoms with E-state index in [1.54, 1.807) is 54.9 Å². The van der Waals surface area contributed by atoms with Crippen LogP contribution in [0, 0.1) is 0 Å². The van der Waals surface area contributed by atoms with Gasteiger partial charge in [-0.2, -0.15) is 0 Å². The van der Waals surface area contributed by atoms with Crippen LogP contribution in [0.5, 0.6) is 11.5 Å². The number of carbonyl (C=O) groups is 2. The highest BCUT2D eigenvalue weighted by Gasteiger charge is 2.21. The van der Waals surface area contributed by atoms with E-state index < -0.39 is 5.91 Å². The number of amides is 1. The quantitative estimate of drug-likeness (QED) is 0.0895. The minimum atomic E-state index is -0.491. The van der Waals surface area contributed by atoms with Gasteiger partial charge in [-0.15, -0.1) is 0 Å². The Morgan fingerprint density at radius 2 is 1.21 bits per heavy atom. The highest BCUT2D eigenvalue weighted by molar-refractivity contribution is 9.10. The first kappa shape index (κ1) is 38.3. The molecule has 1 amide bonds. The van der Waals surface area contributed by atoms with Crippen molar-refractivity contribution in [2.24, 2.45) is 0 Å². The standard InChI is InChI=1S/C24H17BrN2O4.C18H16BrN3O3/c25-22-7-3-4-16(26-22)13-27-14-18(24(29)17-5-1-2-6-19(17)27)23(28)15-8-9-20-21(12-15)31-11-10-30-20;1-21(25-2)18(24)14-11-22(10-12-6-5-9-16(19)20-12)15-8-4-3-7-13(15)17(14)23/h1-9,12,14H,10-11,13H2;3-9,11H,10H2,1-2H3. The van der Waals surface area contributed by atoms with Crippen LogP contribution in [0.4, 0.5) is 0 Å². The summed E-state index contributed by atoms with van der Waals surface area (Å²) >= 11 is 6.74. The van der Waals surface area contributed by atoms with Crippen LogP contribution in [-0.2, 0) is 17.9 Å². The molecule has 0 atom stereocenters. The summed E-state index contributed by atoms with van der Waals surface area (Å²) in [4.78, 5) is 65.5. The zero-order valence-electron chi connectivity index (χ0n) is 30.1. The summed E-state index contributed by atoms with van der Waals surface area (Å²) in [5.41, 5.74) is 3.02. The SMILES string of the molecule is CON(C)C(=O)c1cn(Cc2cccc(Br)n2)c2ccccc2c1=O.O=C(c1ccc2c(c1)OCCO2)c1cn(Cc2cccc(Br)n2)c2ccccc2c1=O. The molecule has 0 fully saturated rings. The molecule has 5 heterocycles. The number of rotatable bonds is 8. The molecular formula is C42H33Br2N5O7. The van der Waals surface area contributed by atoms with Gasteiger partial charge in [0.15, 0.2) is 17.3 Å². The first-order valence-electron chi connectivity index (χ1n) is 17.3. The third-order valence-corrected chi connectivity index (χ3v) is 9.91. The third-order valence-electron chi connectivity index (χ3n) is 9.02. The number of hydrogen-bond acceptors (Lipinski definition) is 9. The lowest BCUT2D eigenvalue weighted by Gasteiger charge is -2.18. The number of nitrogens with zero attached hydrogens (tertiary/aromatic N) is 5. The average Bonchev–Trinajstić information content (AvgIpc) is 3.22. The number of carbonyl (C=O) groups excluding carboxylic acids is 2. The molecule has 0 radical (unpaired) electrons. The van der Waals surface area contributed by atoms with E-state index in [1.165, 1.54) is 14.2 Å². The molecule has 0 N–H and O–H groups in total. The van der Waals surface area contributed by atoms with Gasteiger partial charge in [-0.1, -0.05) is 36.4 Å². The fraction of sp³-hybridized carbons (Fsp3) is 0.143. The number of ether oxygens (including phenoxy) is 2. The van der Waals surface area contributed by atoms with Crippen LogP contribution in [0.25, 0.3) is 21.8 Å². The number of hydrogen-bond donors (Lipinski definition) is 0. The first-order chi connectivity index (χ1) is 27.1. The van der Waals surface area contributed by atoms with Crippen LogP contribution in [0.3, 0.4) is 0 Å². The molecular weight excluding hydrogens is 846 g/mol. The summed E-state index contributed by atoms with van der Waals surface area (Å²) in [6, 6.07) is 30.7. The summed E-state index contributed by atoms with van der Waals surface area (Å²) in [5.74, 6) is 0.258. The molecule has 0 unspecified atom stereocenters. The first-order valence-corrected chi connectivity index (χ1v) is 18.9. The normalized spacial score (nSPS) is 11.9. The fourth-order valence-electron chi connectivity index (χ4n) is 6.28. The van der Waals surface area contributed by atoms with Gasteiger partial charge in [0, 0.05) is 35.8 Å². The molecule has 282 valence electrons. The Morgan fingerprint density at radius 3 is 1.77 bits per heavy atom. The monoisotopic (exact) mass is 877 g/mol. The molecule has 1 aliphatic rings. The van der Waals surface area contributed by atoms with Crippen LogP contribution in [0.15, 0.2) is 134 Å². The molecule has 12 nitrogen and oxygen atoms in total. The molecule has 0 bridgehead atoms. The Bertz CT molecular complexity index is 2750. The van der Waals surface area contributed by atoms with E-state index in [0.717, 1.165) is 36.7 Å². The zero-order chi connectivity index (χ0) is 39.3. The minimum Gasteiger partial charge on any atom is -0.486 e. The van der Waals surface area contributed by atoms with Crippen LogP contribution in [0.1, 0.15) is 37.7 Å². The van der Waals surface area contributed by atoms with Gasteiger partial charge < -0.3 is 18.6 Å². The molecule has 1 aliphatic heterocycles. The lowest BCUT2D eigenvalue weighted by atomic mass is 10.0. The number of para-hydroxylation sites is 2. The number of fused-ring (bicyclic) bond motifs is 3. The van der Waals surface area contributed by atoms with E-state index in [-0.39, 0.29) is 27.8 Å². The Hall–Kier alpha value is -5.96. The maximum Gasteiger partial charge on any atom is 0.282 e. The predicted molar refractivity (Wildman–Crippen MR) is 218 cm³/mol. The van der Waals surface area contributed by atoms with Gasteiger partial charge in [-0.25, -0.2) is 15.0 Å².